The molecular weight excluding hydrogens is 291 g/mol. The minimum atomic E-state index is -0.659. The molecule has 1 aromatic rings. The molecule has 0 aliphatic carbocycles. The molecule has 21 heavy (non-hydrogen) atoms. The number of nitrogens with zero attached hydrogens (tertiary/aromatic N) is 1. The second-order valence-electron chi connectivity index (χ2n) is 5.18. The molecule has 1 fully saturated rings. The lowest BCUT2D eigenvalue weighted by atomic mass is 10.0. The van der Waals surface area contributed by atoms with Gasteiger partial charge in [0.1, 0.15) is 11.6 Å². The van der Waals surface area contributed by atoms with Crippen LogP contribution in [0.1, 0.15) is 18.0 Å². The fraction of sp³-hybridized carbons (Fsp3) is 0.600. The van der Waals surface area contributed by atoms with Crippen molar-refractivity contribution in [2.75, 3.05) is 45.3 Å². The Morgan fingerprint density at radius 3 is 2.76 bits per heavy atom. The van der Waals surface area contributed by atoms with Crippen molar-refractivity contribution in [2.45, 2.75) is 12.5 Å². The highest BCUT2D eigenvalue weighted by atomic mass is 32.2. The van der Waals surface area contributed by atoms with Crippen molar-refractivity contribution >= 4 is 10.8 Å². The van der Waals surface area contributed by atoms with E-state index in [1.54, 1.807) is 19.2 Å². The van der Waals surface area contributed by atoms with Gasteiger partial charge in [-0.25, -0.2) is 4.39 Å². The standard InChI is InChI=1S/C15H23FN2O2S/c1-17-13(6-7-18-8-10-21(19)11-9-18)15-12(16)4-3-5-14(15)20-2/h3-5,13,17H,6-11H2,1-2H3. The molecule has 4 nitrogen and oxygen atoms in total. The molecule has 1 aliphatic rings. The molecule has 1 aromatic carbocycles. The Morgan fingerprint density at radius 2 is 2.14 bits per heavy atom. The van der Waals surface area contributed by atoms with Crippen molar-refractivity contribution in [3.63, 3.8) is 0 Å². The molecule has 0 saturated carbocycles. The van der Waals surface area contributed by atoms with Crippen LogP contribution in [0.4, 0.5) is 4.39 Å². The van der Waals surface area contributed by atoms with Gasteiger partial charge in [0.2, 0.25) is 0 Å². The zero-order chi connectivity index (χ0) is 15.2. The highest BCUT2D eigenvalue weighted by Gasteiger charge is 2.21. The molecule has 1 atom stereocenters. The van der Waals surface area contributed by atoms with E-state index in [1.165, 1.54) is 6.07 Å². The third-order valence-corrected chi connectivity index (χ3v) is 5.21. The van der Waals surface area contributed by atoms with E-state index in [2.05, 4.69) is 10.2 Å². The smallest absolute Gasteiger partial charge is 0.131 e. The van der Waals surface area contributed by atoms with Gasteiger partial charge in [-0.3, -0.25) is 4.21 Å². The summed E-state index contributed by atoms with van der Waals surface area (Å²) in [5.41, 5.74) is 0.586. The highest BCUT2D eigenvalue weighted by molar-refractivity contribution is 7.85. The molecule has 1 saturated heterocycles. The molecule has 1 N–H and O–H groups in total. The van der Waals surface area contributed by atoms with Gasteiger partial charge in [-0.05, 0) is 25.6 Å². The van der Waals surface area contributed by atoms with Crippen LogP contribution in [-0.2, 0) is 10.8 Å². The summed E-state index contributed by atoms with van der Waals surface area (Å²) < 4.78 is 30.8. The lowest BCUT2D eigenvalue weighted by Crippen LogP contribution is -2.39. The van der Waals surface area contributed by atoms with Gasteiger partial charge in [0, 0.05) is 53.5 Å². The molecule has 6 heteroatoms. The molecule has 1 aliphatic heterocycles. The van der Waals surface area contributed by atoms with E-state index in [4.69, 9.17) is 4.74 Å². The van der Waals surface area contributed by atoms with Crippen molar-refractivity contribution in [2.24, 2.45) is 0 Å². The maximum absolute atomic E-state index is 14.1. The molecule has 2 rings (SSSR count). The number of hydrogen-bond acceptors (Lipinski definition) is 4. The van der Waals surface area contributed by atoms with E-state index in [1.807, 2.05) is 7.05 Å². The molecular formula is C15H23FN2O2S. The predicted molar refractivity (Wildman–Crippen MR) is 83.7 cm³/mol. The average Bonchev–Trinajstić information content (AvgIpc) is 2.50. The Balaban J connectivity index is 2.01. The van der Waals surface area contributed by atoms with E-state index in [-0.39, 0.29) is 11.9 Å². The summed E-state index contributed by atoms with van der Waals surface area (Å²) in [7, 11) is 2.74. The highest BCUT2D eigenvalue weighted by Crippen LogP contribution is 2.29. The zero-order valence-electron chi connectivity index (χ0n) is 12.6. The summed E-state index contributed by atoms with van der Waals surface area (Å²) in [4.78, 5) is 2.29. The van der Waals surface area contributed by atoms with Crippen LogP contribution < -0.4 is 10.1 Å². The molecule has 1 heterocycles. The number of rotatable bonds is 6. The van der Waals surface area contributed by atoms with Crippen LogP contribution in [0, 0.1) is 5.82 Å². The number of methoxy groups -OCH3 is 1. The Bertz CT molecular complexity index is 489. The fourth-order valence-electron chi connectivity index (χ4n) is 2.68. The van der Waals surface area contributed by atoms with Crippen molar-refractivity contribution in [1.29, 1.82) is 0 Å². The first kappa shape index (κ1) is 16.4. The second kappa shape index (κ2) is 7.87. The van der Waals surface area contributed by atoms with Crippen molar-refractivity contribution in [1.82, 2.24) is 10.2 Å². The van der Waals surface area contributed by atoms with Crippen LogP contribution in [0.25, 0.3) is 0 Å². The first-order chi connectivity index (χ1) is 10.2. The molecule has 0 spiro atoms. The molecule has 0 amide bonds. The van der Waals surface area contributed by atoms with Gasteiger partial charge in [0.25, 0.3) is 0 Å². The summed E-state index contributed by atoms with van der Waals surface area (Å²) in [6, 6.07) is 4.82. The summed E-state index contributed by atoms with van der Waals surface area (Å²) in [5.74, 6) is 1.82. The SMILES string of the molecule is CNC(CCN1CCS(=O)CC1)c1c(F)cccc1OC. The third kappa shape index (κ3) is 4.25. The second-order valence-corrected chi connectivity index (χ2v) is 6.87. The third-order valence-electron chi connectivity index (χ3n) is 3.93. The Kier molecular flexibility index (Phi) is 6.14. The normalized spacial score (nSPS) is 18.6. The largest absolute Gasteiger partial charge is 0.496 e. The fourth-order valence-corrected chi connectivity index (χ4v) is 3.81. The van der Waals surface area contributed by atoms with Gasteiger partial charge >= 0.3 is 0 Å². The lowest BCUT2D eigenvalue weighted by Gasteiger charge is -2.28. The summed E-state index contributed by atoms with van der Waals surface area (Å²) >= 11 is 0. The van der Waals surface area contributed by atoms with Crippen molar-refractivity contribution in [3.8, 4) is 5.75 Å². The van der Waals surface area contributed by atoms with E-state index in [0.29, 0.717) is 11.3 Å². The van der Waals surface area contributed by atoms with Crippen LogP contribution in [0.2, 0.25) is 0 Å². The van der Waals surface area contributed by atoms with E-state index >= 15 is 0 Å². The number of hydrogen-bond donors (Lipinski definition) is 1. The van der Waals surface area contributed by atoms with Crippen LogP contribution in [0.3, 0.4) is 0 Å². The minimum absolute atomic E-state index is 0.0893. The summed E-state index contributed by atoms with van der Waals surface area (Å²) in [6.07, 6.45) is 0.792. The van der Waals surface area contributed by atoms with Crippen molar-refractivity contribution < 1.29 is 13.3 Å². The molecule has 0 aromatic heterocycles. The molecule has 1 unspecified atom stereocenters. The maximum Gasteiger partial charge on any atom is 0.131 e. The van der Waals surface area contributed by atoms with E-state index in [9.17, 15) is 8.60 Å². The van der Waals surface area contributed by atoms with Crippen LogP contribution in [0.5, 0.6) is 5.75 Å². The van der Waals surface area contributed by atoms with Gasteiger partial charge in [-0.1, -0.05) is 6.07 Å². The van der Waals surface area contributed by atoms with Gasteiger partial charge in [0.05, 0.1) is 7.11 Å². The number of ether oxygens (including phenoxy) is 1. The zero-order valence-corrected chi connectivity index (χ0v) is 13.4. The van der Waals surface area contributed by atoms with Gasteiger partial charge in [-0.2, -0.15) is 0 Å². The first-order valence-corrected chi connectivity index (χ1v) is 8.71. The topological polar surface area (TPSA) is 41.6 Å². The average molecular weight is 314 g/mol. The summed E-state index contributed by atoms with van der Waals surface area (Å²) in [5, 5.41) is 3.18. The minimum Gasteiger partial charge on any atom is -0.496 e. The maximum atomic E-state index is 14.1. The van der Waals surface area contributed by atoms with Crippen LogP contribution in [-0.4, -0.2) is 54.4 Å². The van der Waals surface area contributed by atoms with Gasteiger partial charge in [-0.15, -0.1) is 0 Å². The van der Waals surface area contributed by atoms with E-state index < -0.39 is 10.8 Å². The van der Waals surface area contributed by atoms with Crippen LogP contribution >= 0.6 is 0 Å². The van der Waals surface area contributed by atoms with E-state index in [0.717, 1.165) is 37.6 Å². The Morgan fingerprint density at radius 1 is 1.43 bits per heavy atom. The van der Waals surface area contributed by atoms with Gasteiger partial charge in [0.15, 0.2) is 0 Å². The number of halogens is 1. The Labute approximate surface area is 128 Å². The number of benzene rings is 1. The lowest BCUT2D eigenvalue weighted by molar-refractivity contribution is 0.277. The molecule has 118 valence electrons. The predicted octanol–water partition coefficient (Wildman–Crippen LogP) is 1.55. The monoisotopic (exact) mass is 314 g/mol. The molecule has 0 radical (unpaired) electrons. The number of nitrogens with one attached hydrogen (secondary N) is 1. The first-order valence-electron chi connectivity index (χ1n) is 7.22. The van der Waals surface area contributed by atoms with Crippen molar-refractivity contribution in [3.05, 3.63) is 29.6 Å². The summed E-state index contributed by atoms with van der Waals surface area (Å²) in [6.45, 7) is 2.58. The Hall–Kier alpha value is -0.980. The van der Waals surface area contributed by atoms with Gasteiger partial charge < -0.3 is 15.0 Å². The van der Waals surface area contributed by atoms with Crippen LogP contribution in [0.15, 0.2) is 18.2 Å². The quantitative estimate of drug-likeness (QED) is 0.865. The molecule has 0 bridgehead atoms.